The monoisotopic (exact) mass is 414 g/mol. The van der Waals surface area contributed by atoms with Crippen LogP contribution in [-0.4, -0.2) is 29.8 Å². The third-order valence-electron chi connectivity index (χ3n) is 5.34. The maximum atomic E-state index is 13.2. The molecule has 0 bridgehead atoms. The Morgan fingerprint density at radius 2 is 1.66 bits per heavy atom. The van der Waals surface area contributed by atoms with Gasteiger partial charge < -0.3 is 4.74 Å². The van der Waals surface area contributed by atoms with Gasteiger partial charge in [0.2, 0.25) is 0 Å². The molecule has 2 aromatic carbocycles. The summed E-state index contributed by atoms with van der Waals surface area (Å²) in [5.41, 5.74) is 5.13. The number of ether oxygens (including phenoxy) is 1. The van der Waals surface area contributed by atoms with E-state index in [4.69, 9.17) is 4.74 Å². The van der Waals surface area contributed by atoms with Crippen LogP contribution in [-0.2, 0) is 16.6 Å². The van der Waals surface area contributed by atoms with Crippen molar-refractivity contribution in [3.8, 4) is 5.75 Å². The van der Waals surface area contributed by atoms with Crippen LogP contribution < -0.4 is 9.46 Å². The Kier molecular flexibility index (Phi) is 5.93. The molecule has 0 saturated carbocycles. The molecule has 0 spiro atoms. The maximum absolute atomic E-state index is 13.2. The first-order chi connectivity index (χ1) is 13.7. The first-order valence-corrected chi connectivity index (χ1v) is 10.8. The van der Waals surface area contributed by atoms with Crippen LogP contribution in [0, 0.1) is 34.6 Å². The molecule has 1 N–H and O–H groups in total. The Morgan fingerprint density at radius 1 is 1.00 bits per heavy atom. The smallest absolute Gasteiger partial charge is 0.262 e. The molecule has 3 rings (SSSR count). The molecule has 154 valence electrons. The van der Waals surface area contributed by atoms with Crippen LogP contribution in [0.3, 0.4) is 0 Å². The van der Waals surface area contributed by atoms with E-state index in [1.165, 1.54) is 6.33 Å². The van der Waals surface area contributed by atoms with Crippen molar-refractivity contribution in [3.63, 3.8) is 0 Å². The van der Waals surface area contributed by atoms with Gasteiger partial charge in [-0.2, -0.15) is 5.10 Å². The zero-order valence-corrected chi connectivity index (χ0v) is 18.2. The highest BCUT2D eigenvalue weighted by Gasteiger charge is 2.23. The van der Waals surface area contributed by atoms with Crippen molar-refractivity contribution in [2.24, 2.45) is 0 Å². The molecule has 0 radical (unpaired) electrons. The lowest BCUT2D eigenvalue weighted by Crippen LogP contribution is -2.17. The van der Waals surface area contributed by atoms with Crippen LogP contribution in [0.25, 0.3) is 0 Å². The standard InChI is InChI=1S/C21H26N4O3S/c1-14-15(2)17(4)21(18(5)16(14)3)29(26,27)24-19-7-6-8-20(11-19)28-10-9-25-13-22-12-23-25/h6-8,11-13,24H,9-10H2,1-5H3. The lowest BCUT2D eigenvalue weighted by molar-refractivity contribution is 0.291. The van der Waals surface area contributed by atoms with Crippen molar-refractivity contribution in [1.82, 2.24) is 14.8 Å². The summed E-state index contributed by atoms with van der Waals surface area (Å²) in [6, 6.07) is 6.93. The van der Waals surface area contributed by atoms with E-state index in [9.17, 15) is 8.42 Å². The molecule has 29 heavy (non-hydrogen) atoms. The van der Waals surface area contributed by atoms with E-state index in [2.05, 4.69) is 14.8 Å². The van der Waals surface area contributed by atoms with Crippen LogP contribution in [0.1, 0.15) is 27.8 Å². The molecule has 0 aliphatic carbocycles. The van der Waals surface area contributed by atoms with Crippen molar-refractivity contribution in [2.45, 2.75) is 46.1 Å². The van der Waals surface area contributed by atoms with Crippen LogP contribution in [0.2, 0.25) is 0 Å². The second-order valence-electron chi connectivity index (χ2n) is 7.09. The summed E-state index contributed by atoms with van der Waals surface area (Å²) in [6.45, 7) is 10.6. The molecular weight excluding hydrogens is 388 g/mol. The van der Waals surface area contributed by atoms with Gasteiger partial charge in [-0.1, -0.05) is 6.07 Å². The second-order valence-corrected chi connectivity index (χ2v) is 8.71. The topological polar surface area (TPSA) is 86.1 Å². The van der Waals surface area contributed by atoms with Crippen molar-refractivity contribution >= 4 is 15.7 Å². The Bertz CT molecular complexity index is 1090. The summed E-state index contributed by atoms with van der Waals surface area (Å²) in [7, 11) is -3.74. The van der Waals surface area contributed by atoms with Gasteiger partial charge in [0.25, 0.3) is 10.0 Å². The molecule has 0 saturated heterocycles. The molecule has 1 aromatic heterocycles. The minimum absolute atomic E-state index is 0.343. The number of rotatable bonds is 7. The van der Waals surface area contributed by atoms with Crippen molar-refractivity contribution in [3.05, 3.63) is 64.7 Å². The molecule has 3 aromatic rings. The Balaban J connectivity index is 1.81. The zero-order chi connectivity index (χ0) is 21.2. The third kappa shape index (κ3) is 4.42. The van der Waals surface area contributed by atoms with Crippen molar-refractivity contribution < 1.29 is 13.2 Å². The van der Waals surface area contributed by atoms with Gasteiger partial charge >= 0.3 is 0 Å². The lowest BCUT2D eigenvalue weighted by atomic mass is 9.95. The highest BCUT2D eigenvalue weighted by atomic mass is 32.2. The summed E-state index contributed by atoms with van der Waals surface area (Å²) in [5.74, 6) is 0.579. The predicted octanol–water partition coefficient (Wildman–Crippen LogP) is 3.70. The number of aromatic nitrogens is 3. The third-order valence-corrected chi connectivity index (χ3v) is 7.00. The summed E-state index contributed by atoms with van der Waals surface area (Å²) in [5, 5.41) is 4.02. The van der Waals surface area contributed by atoms with Gasteiger partial charge in [0.15, 0.2) is 0 Å². The molecule has 0 amide bonds. The van der Waals surface area contributed by atoms with Gasteiger partial charge in [-0.25, -0.2) is 18.1 Å². The van der Waals surface area contributed by atoms with Gasteiger partial charge in [-0.3, -0.25) is 4.72 Å². The van der Waals surface area contributed by atoms with Crippen LogP contribution >= 0.6 is 0 Å². The fourth-order valence-corrected chi connectivity index (χ4v) is 4.98. The van der Waals surface area contributed by atoms with E-state index in [1.807, 2.05) is 34.6 Å². The SMILES string of the molecule is Cc1c(C)c(C)c(S(=O)(=O)Nc2cccc(OCCn3cncn3)c2)c(C)c1C. The second kappa shape index (κ2) is 8.24. The van der Waals surface area contributed by atoms with E-state index in [1.54, 1.807) is 35.3 Å². The summed E-state index contributed by atoms with van der Waals surface area (Å²) < 4.78 is 36.4. The number of hydrogen-bond donors (Lipinski definition) is 1. The highest BCUT2D eigenvalue weighted by Crippen LogP contribution is 2.31. The molecular formula is C21H26N4O3S. The number of hydrogen-bond acceptors (Lipinski definition) is 5. The molecule has 0 atom stereocenters. The van der Waals surface area contributed by atoms with Gasteiger partial charge in [-0.05, 0) is 74.6 Å². The first-order valence-electron chi connectivity index (χ1n) is 9.35. The van der Waals surface area contributed by atoms with Crippen LogP contribution in [0.4, 0.5) is 5.69 Å². The number of anilines is 1. The number of nitrogens with one attached hydrogen (secondary N) is 1. The highest BCUT2D eigenvalue weighted by molar-refractivity contribution is 7.92. The Hall–Kier alpha value is -2.87. The molecule has 8 heteroatoms. The number of nitrogens with zero attached hydrogens (tertiary/aromatic N) is 3. The first kappa shape index (κ1) is 20.9. The van der Waals surface area contributed by atoms with E-state index in [0.717, 1.165) is 27.8 Å². The van der Waals surface area contributed by atoms with Crippen LogP contribution in [0.15, 0.2) is 41.8 Å². The van der Waals surface area contributed by atoms with Gasteiger partial charge in [0.05, 0.1) is 17.1 Å². The maximum Gasteiger partial charge on any atom is 0.262 e. The fraction of sp³-hybridized carbons (Fsp3) is 0.333. The molecule has 0 unspecified atom stereocenters. The number of benzene rings is 2. The Labute approximate surface area is 171 Å². The largest absolute Gasteiger partial charge is 0.492 e. The average Bonchev–Trinajstić information content (AvgIpc) is 3.18. The normalized spacial score (nSPS) is 11.5. The fourth-order valence-electron chi connectivity index (χ4n) is 3.33. The van der Waals surface area contributed by atoms with Crippen LogP contribution in [0.5, 0.6) is 5.75 Å². The quantitative estimate of drug-likeness (QED) is 0.637. The summed E-state index contributed by atoms with van der Waals surface area (Å²) in [4.78, 5) is 4.23. The predicted molar refractivity (Wildman–Crippen MR) is 113 cm³/mol. The van der Waals surface area contributed by atoms with Gasteiger partial charge in [-0.15, -0.1) is 0 Å². The van der Waals surface area contributed by atoms with Crippen molar-refractivity contribution in [2.75, 3.05) is 11.3 Å². The number of sulfonamides is 1. The van der Waals surface area contributed by atoms with E-state index >= 15 is 0 Å². The lowest BCUT2D eigenvalue weighted by Gasteiger charge is -2.19. The van der Waals surface area contributed by atoms with Gasteiger partial charge in [0, 0.05) is 6.07 Å². The average molecular weight is 415 g/mol. The molecule has 7 nitrogen and oxygen atoms in total. The van der Waals surface area contributed by atoms with E-state index < -0.39 is 10.0 Å². The van der Waals surface area contributed by atoms with Crippen molar-refractivity contribution in [1.29, 1.82) is 0 Å². The minimum atomic E-state index is -3.74. The molecule has 0 aliphatic rings. The summed E-state index contributed by atoms with van der Waals surface area (Å²) >= 11 is 0. The Morgan fingerprint density at radius 3 is 2.28 bits per heavy atom. The summed E-state index contributed by atoms with van der Waals surface area (Å²) in [6.07, 6.45) is 3.08. The van der Waals surface area contributed by atoms with E-state index in [0.29, 0.717) is 29.5 Å². The van der Waals surface area contributed by atoms with E-state index in [-0.39, 0.29) is 0 Å². The minimum Gasteiger partial charge on any atom is -0.492 e. The molecule has 0 aliphatic heterocycles. The zero-order valence-electron chi connectivity index (χ0n) is 17.4. The molecule has 1 heterocycles. The van der Waals surface area contributed by atoms with Gasteiger partial charge in [0.1, 0.15) is 25.0 Å². The molecule has 0 fully saturated rings.